The first-order chi connectivity index (χ1) is 12.1. The van der Waals surface area contributed by atoms with Crippen LogP contribution in [-0.2, 0) is 28.0 Å². The maximum absolute atomic E-state index is 13.5. The first-order valence-electron chi connectivity index (χ1n) is 8.68. The monoisotopic (exact) mass is 375 g/mol. The van der Waals surface area contributed by atoms with Crippen molar-refractivity contribution in [3.63, 3.8) is 0 Å². The van der Waals surface area contributed by atoms with E-state index in [1.807, 2.05) is 11.0 Å². The van der Waals surface area contributed by atoms with Crippen LogP contribution in [0.2, 0.25) is 0 Å². The van der Waals surface area contributed by atoms with Crippen LogP contribution in [0.15, 0.2) is 17.5 Å². The molecule has 1 aliphatic carbocycles. The molecule has 2 aromatic rings. The molecule has 1 fully saturated rings. The predicted molar refractivity (Wildman–Crippen MR) is 100 cm³/mol. The molecule has 1 saturated carbocycles. The van der Waals surface area contributed by atoms with Gasteiger partial charge in [0.05, 0.1) is 17.7 Å². The number of anilines is 1. The van der Waals surface area contributed by atoms with Gasteiger partial charge < -0.3 is 10.2 Å². The van der Waals surface area contributed by atoms with E-state index in [1.165, 1.54) is 23.1 Å². The number of hydrogen-bond donors (Lipinski definition) is 1. The Morgan fingerprint density at radius 1 is 1.32 bits per heavy atom. The summed E-state index contributed by atoms with van der Waals surface area (Å²) in [6.07, 6.45) is 4.91. The fourth-order valence-electron chi connectivity index (χ4n) is 3.97. The van der Waals surface area contributed by atoms with Crippen molar-refractivity contribution >= 4 is 39.6 Å². The fourth-order valence-corrected chi connectivity index (χ4v) is 6.02. The molecule has 0 aromatic carbocycles. The third kappa shape index (κ3) is 3.00. The van der Waals surface area contributed by atoms with E-state index in [9.17, 15) is 9.59 Å². The second-order valence-corrected chi connectivity index (χ2v) is 8.84. The number of carbonyl (C=O) groups excluding carboxylic acids is 2. The van der Waals surface area contributed by atoms with Crippen molar-refractivity contribution in [1.82, 2.24) is 9.88 Å². The summed E-state index contributed by atoms with van der Waals surface area (Å²) in [5, 5.41) is 5.47. The summed E-state index contributed by atoms with van der Waals surface area (Å²) in [5.74, 6) is 0.161. The summed E-state index contributed by atoms with van der Waals surface area (Å²) >= 11 is 3.19. The van der Waals surface area contributed by atoms with Gasteiger partial charge in [-0.1, -0.05) is 30.2 Å². The highest BCUT2D eigenvalue weighted by Crippen LogP contribution is 2.45. The third-order valence-corrected chi connectivity index (χ3v) is 7.23. The Bertz CT molecular complexity index is 791. The van der Waals surface area contributed by atoms with Crippen molar-refractivity contribution in [3.05, 3.63) is 33.0 Å². The van der Waals surface area contributed by atoms with E-state index in [0.29, 0.717) is 18.2 Å². The largest absolute Gasteiger partial charge is 0.336 e. The van der Waals surface area contributed by atoms with Crippen LogP contribution in [0.1, 0.15) is 48.1 Å². The molecule has 2 amide bonds. The highest BCUT2D eigenvalue weighted by atomic mass is 32.1. The lowest BCUT2D eigenvalue weighted by atomic mass is 9.82. The number of nitrogens with zero attached hydrogens (tertiary/aromatic N) is 2. The average Bonchev–Trinajstić information content (AvgIpc) is 3.32. The van der Waals surface area contributed by atoms with Gasteiger partial charge in [-0.05, 0) is 24.3 Å². The Labute approximate surface area is 155 Å². The third-order valence-electron chi connectivity index (χ3n) is 5.16. The lowest BCUT2D eigenvalue weighted by Crippen LogP contribution is -2.46. The number of amides is 2. The second kappa shape index (κ2) is 6.53. The predicted octanol–water partition coefficient (Wildman–Crippen LogP) is 3.56. The van der Waals surface area contributed by atoms with Gasteiger partial charge in [0, 0.05) is 29.6 Å². The molecular formula is C18H21N3O2S2. The number of thiazole rings is 1. The number of hydrogen-bond acceptors (Lipinski definition) is 5. The highest BCUT2D eigenvalue weighted by molar-refractivity contribution is 7.15. The molecule has 25 heavy (non-hydrogen) atoms. The van der Waals surface area contributed by atoms with Gasteiger partial charge >= 0.3 is 0 Å². The van der Waals surface area contributed by atoms with E-state index in [4.69, 9.17) is 0 Å². The minimum atomic E-state index is -0.323. The number of thiophene rings is 1. The number of rotatable bonds is 3. The van der Waals surface area contributed by atoms with Crippen molar-refractivity contribution in [2.75, 3.05) is 11.9 Å². The van der Waals surface area contributed by atoms with Crippen LogP contribution in [0.4, 0.5) is 5.13 Å². The van der Waals surface area contributed by atoms with E-state index >= 15 is 0 Å². The quantitative estimate of drug-likeness (QED) is 0.892. The van der Waals surface area contributed by atoms with E-state index < -0.39 is 0 Å². The molecular weight excluding hydrogens is 354 g/mol. The number of fused-ring (bicyclic) bond motifs is 1. The summed E-state index contributed by atoms with van der Waals surface area (Å²) < 4.78 is 0. The minimum Gasteiger partial charge on any atom is -0.336 e. The molecule has 2 aliphatic rings. The van der Waals surface area contributed by atoms with Crippen LogP contribution in [-0.4, -0.2) is 28.2 Å². The topological polar surface area (TPSA) is 62.3 Å². The normalized spacial score (nSPS) is 18.8. The highest BCUT2D eigenvalue weighted by Gasteiger charge is 2.46. The zero-order chi connectivity index (χ0) is 17.4. The smallest absolute Gasteiger partial charge is 0.234 e. The first kappa shape index (κ1) is 16.7. The number of aromatic nitrogens is 1. The lowest BCUT2D eigenvalue weighted by Gasteiger charge is -2.35. The van der Waals surface area contributed by atoms with E-state index in [-0.39, 0.29) is 17.2 Å². The summed E-state index contributed by atoms with van der Waals surface area (Å²) in [7, 11) is 0. The number of carbonyl (C=O) groups is 2. The Hall–Kier alpha value is -1.73. The molecule has 0 spiro atoms. The molecule has 0 saturated heterocycles. The zero-order valence-electron chi connectivity index (χ0n) is 14.2. The summed E-state index contributed by atoms with van der Waals surface area (Å²) in [4.78, 5) is 33.5. The molecule has 0 atom stereocenters. The van der Waals surface area contributed by atoms with Crippen LogP contribution in [0.5, 0.6) is 0 Å². The average molecular weight is 376 g/mol. The Morgan fingerprint density at radius 2 is 2.12 bits per heavy atom. The van der Waals surface area contributed by atoms with Gasteiger partial charge in [-0.2, -0.15) is 0 Å². The maximum atomic E-state index is 13.5. The Balaban J connectivity index is 1.57. The van der Waals surface area contributed by atoms with Crippen LogP contribution in [0.3, 0.4) is 0 Å². The van der Waals surface area contributed by atoms with Crippen LogP contribution >= 0.6 is 22.7 Å². The molecule has 0 bridgehead atoms. The zero-order valence-corrected chi connectivity index (χ0v) is 15.8. The molecule has 1 N–H and O–H groups in total. The van der Waals surface area contributed by atoms with Crippen molar-refractivity contribution in [2.45, 2.75) is 51.0 Å². The SMILES string of the molecule is CC(=O)Nc1nc2c(s1)CN(C(=O)C1(c3cccs3)CCCC1)CC2. The van der Waals surface area contributed by atoms with Crippen molar-refractivity contribution in [2.24, 2.45) is 0 Å². The van der Waals surface area contributed by atoms with Gasteiger partial charge in [-0.25, -0.2) is 4.98 Å². The summed E-state index contributed by atoms with van der Waals surface area (Å²) in [6.45, 7) is 2.81. The van der Waals surface area contributed by atoms with Crippen LogP contribution < -0.4 is 5.32 Å². The fraction of sp³-hybridized carbons (Fsp3) is 0.500. The molecule has 5 nitrogen and oxygen atoms in total. The van der Waals surface area contributed by atoms with Gasteiger partial charge in [0.1, 0.15) is 0 Å². The van der Waals surface area contributed by atoms with Crippen molar-refractivity contribution in [3.8, 4) is 0 Å². The molecule has 4 rings (SSSR count). The summed E-state index contributed by atoms with van der Waals surface area (Å²) in [6, 6.07) is 4.16. The van der Waals surface area contributed by atoms with Crippen molar-refractivity contribution < 1.29 is 9.59 Å². The van der Waals surface area contributed by atoms with Gasteiger partial charge in [-0.3, -0.25) is 9.59 Å². The molecule has 132 valence electrons. The van der Waals surface area contributed by atoms with E-state index in [1.54, 1.807) is 11.3 Å². The standard InChI is InChI=1S/C18H21N3O2S2/c1-12(22)19-17-20-13-6-9-21(11-14(13)25-17)16(23)18(7-2-3-8-18)15-5-4-10-24-15/h4-5,10H,2-3,6-9,11H2,1H3,(H,19,20,22). The molecule has 0 radical (unpaired) electrons. The van der Waals surface area contributed by atoms with E-state index in [0.717, 1.165) is 42.7 Å². The van der Waals surface area contributed by atoms with Crippen molar-refractivity contribution in [1.29, 1.82) is 0 Å². The van der Waals surface area contributed by atoms with E-state index in [2.05, 4.69) is 21.7 Å². The first-order valence-corrected chi connectivity index (χ1v) is 10.4. The number of nitrogens with one attached hydrogen (secondary N) is 1. The second-order valence-electron chi connectivity index (χ2n) is 6.81. The molecule has 2 aromatic heterocycles. The molecule has 7 heteroatoms. The van der Waals surface area contributed by atoms with Gasteiger partial charge in [0.25, 0.3) is 0 Å². The Kier molecular flexibility index (Phi) is 4.37. The van der Waals surface area contributed by atoms with Crippen LogP contribution in [0.25, 0.3) is 0 Å². The maximum Gasteiger partial charge on any atom is 0.234 e. The molecule has 3 heterocycles. The Morgan fingerprint density at radius 3 is 2.80 bits per heavy atom. The molecule has 0 unspecified atom stereocenters. The molecule has 1 aliphatic heterocycles. The van der Waals surface area contributed by atoms with Crippen LogP contribution in [0, 0.1) is 0 Å². The van der Waals surface area contributed by atoms with Gasteiger partial charge in [-0.15, -0.1) is 11.3 Å². The lowest BCUT2D eigenvalue weighted by molar-refractivity contribution is -0.138. The minimum absolute atomic E-state index is 0.110. The van der Waals surface area contributed by atoms with Gasteiger partial charge in [0.15, 0.2) is 5.13 Å². The van der Waals surface area contributed by atoms with Gasteiger partial charge in [0.2, 0.25) is 11.8 Å². The summed E-state index contributed by atoms with van der Waals surface area (Å²) in [5.41, 5.74) is 0.700.